The van der Waals surface area contributed by atoms with Gasteiger partial charge in [0.25, 0.3) is 0 Å². The van der Waals surface area contributed by atoms with E-state index in [0.29, 0.717) is 16.5 Å². The molecule has 1 atom stereocenters. The first kappa shape index (κ1) is 14.4. The summed E-state index contributed by atoms with van der Waals surface area (Å²) in [6.07, 6.45) is 0.596. The van der Waals surface area contributed by atoms with Gasteiger partial charge in [0.1, 0.15) is 11.5 Å². The van der Waals surface area contributed by atoms with E-state index in [2.05, 4.69) is 0 Å². The fourth-order valence-electron chi connectivity index (χ4n) is 2.40. The normalized spacial score (nSPS) is 12.7. The molecule has 1 heterocycles. The Balaban J connectivity index is 2.33. The Bertz CT molecular complexity index is 584. The monoisotopic (exact) mass is 297 g/mol. The Hall–Kier alpha value is -0.960. The van der Waals surface area contributed by atoms with Gasteiger partial charge in [-0.3, -0.25) is 0 Å². The van der Waals surface area contributed by atoms with Crippen molar-refractivity contribution in [3.63, 3.8) is 0 Å². The first-order valence-electron chi connectivity index (χ1n) is 6.16. The van der Waals surface area contributed by atoms with Crippen molar-refractivity contribution in [1.29, 1.82) is 0 Å². The zero-order valence-electron chi connectivity index (χ0n) is 11.3. The van der Waals surface area contributed by atoms with Crippen molar-refractivity contribution >= 4 is 23.2 Å². The summed E-state index contributed by atoms with van der Waals surface area (Å²) in [4.78, 5) is 0. The third-order valence-corrected chi connectivity index (χ3v) is 4.18. The Morgan fingerprint density at radius 2 is 1.68 bits per heavy atom. The van der Waals surface area contributed by atoms with Gasteiger partial charge in [0.15, 0.2) is 0 Å². The molecule has 19 heavy (non-hydrogen) atoms. The molecule has 2 rings (SSSR count). The smallest absolute Gasteiger partial charge is 0.106 e. The van der Waals surface area contributed by atoms with Crippen LogP contribution in [-0.4, -0.2) is 0 Å². The minimum atomic E-state index is -0.171. The van der Waals surface area contributed by atoms with E-state index in [-0.39, 0.29) is 6.04 Å². The average Bonchev–Trinajstić information content (AvgIpc) is 2.58. The SMILES string of the molecule is Cc1oc(C)c(C(N)Cc2c(Cl)cccc2Cl)c1C. The molecule has 0 aliphatic heterocycles. The summed E-state index contributed by atoms with van der Waals surface area (Å²) in [5.41, 5.74) is 9.34. The zero-order chi connectivity index (χ0) is 14.2. The molecule has 0 bridgehead atoms. The number of halogens is 2. The van der Waals surface area contributed by atoms with Gasteiger partial charge in [-0.15, -0.1) is 0 Å². The summed E-state index contributed by atoms with van der Waals surface area (Å²) in [6, 6.07) is 5.32. The summed E-state index contributed by atoms with van der Waals surface area (Å²) >= 11 is 12.4. The molecule has 0 saturated carbocycles. The van der Waals surface area contributed by atoms with Crippen molar-refractivity contribution in [2.24, 2.45) is 5.73 Å². The van der Waals surface area contributed by atoms with E-state index in [9.17, 15) is 0 Å². The van der Waals surface area contributed by atoms with E-state index in [0.717, 1.165) is 28.2 Å². The van der Waals surface area contributed by atoms with E-state index >= 15 is 0 Å². The van der Waals surface area contributed by atoms with Gasteiger partial charge >= 0.3 is 0 Å². The highest BCUT2D eigenvalue weighted by Gasteiger charge is 2.20. The molecule has 0 radical (unpaired) electrons. The van der Waals surface area contributed by atoms with E-state index in [1.54, 1.807) is 0 Å². The lowest BCUT2D eigenvalue weighted by atomic mass is 9.96. The molecule has 1 aromatic carbocycles. The summed E-state index contributed by atoms with van der Waals surface area (Å²) < 4.78 is 5.62. The maximum Gasteiger partial charge on any atom is 0.106 e. The van der Waals surface area contributed by atoms with Crippen LogP contribution in [0.15, 0.2) is 22.6 Å². The van der Waals surface area contributed by atoms with Gasteiger partial charge in [0, 0.05) is 21.7 Å². The van der Waals surface area contributed by atoms with Crippen LogP contribution in [0.25, 0.3) is 0 Å². The summed E-state index contributed by atoms with van der Waals surface area (Å²) in [6.45, 7) is 5.90. The summed E-state index contributed by atoms with van der Waals surface area (Å²) in [7, 11) is 0. The largest absolute Gasteiger partial charge is 0.466 e. The minimum Gasteiger partial charge on any atom is -0.466 e. The Kier molecular flexibility index (Phi) is 4.24. The standard InChI is InChI=1S/C15H17Cl2NO/c1-8-9(2)19-10(3)15(8)14(18)7-11-12(16)5-4-6-13(11)17/h4-6,14H,7,18H2,1-3H3. The van der Waals surface area contributed by atoms with Crippen LogP contribution in [0.2, 0.25) is 10.0 Å². The van der Waals surface area contributed by atoms with Crippen molar-refractivity contribution in [3.8, 4) is 0 Å². The molecule has 1 aromatic heterocycles. The van der Waals surface area contributed by atoms with Crippen LogP contribution < -0.4 is 5.73 Å². The molecule has 0 amide bonds. The topological polar surface area (TPSA) is 39.2 Å². The third kappa shape index (κ3) is 2.81. The molecular formula is C15H17Cl2NO. The quantitative estimate of drug-likeness (QED) is 0.887. The first-order valence-corrected chi connectivity index (χ1v) is 6.92. The molecule has 2 aromatic rings. The fraction of sp³-hybridized carbons (Fsp3) is 0.333. The molecule has 0 fully saturated rings. The minimum absolute atomic E-state index is 0.171. The number of nitrogens with two attached hydrogens (primary N) is 1. The van der Waals surface area contributed by atoms with Crippen molar-refractivity contribution < 1.29 is 4.42 Å². The van der Waals surface area contributed by atoms with Gasteiger partial charge < -0.3 is 10.2 Å². The number of furan rings is 1. The highest BCUT2D eigenvalue weighted by molar-refractivity contribution is 6.36. The van der Waals surface area contributed by atoms with E-state index in [1.165, 1.54) is 0 Å². The maximum absolute atomic E-state index is 6.30. The Labute approximate surface area is 123 Å². The molecular weight excluding hydrogens is 281 g/mol. The number of aryl methyl sites for hydroxylation is 2. The van der Waals surface area contributed by atoms with Crippen LogP contribution in [0, 0.1) is 20.8 Å². The van der Waals surface area contributed by atoms with Crippen LogP contribution in [0.4, 0.5) is 0 Å². The molecule has 0 saturated heterocycles. The third-order valence-electron chi connectivity index (χ3n) is 3.47. The molecule has 0 aliphatic carbocycles. The molecule has 4 heteroatoms. The second kappa shape index (κ2) is 5.58. The van der Waals surface area contributed by atoms with Crippen LogP contribution in [-0.2, 0) is 6.42 Å². The number of benzene rings is 1. The highest BCUT2D eigenvalue weighted by atomic mass is 35.5. The number of hydrogen-bond donors (Lipinski definition) is 1. The van der Waals surface area contributed by atoms with Crippen LogP contribution >= 0.6 is 23.2 Å². The Morgan fingerprint density at radius 1 is 1.11 bits per heavy atom. The lowest BCUT2D eigenvalue weighted by Crippen LogP contribution is -2.15. The molecule has 1 unspecified atom stereocenters. The van der Waals surface area contributed by atoms with Crippen LogP contribution in [0.5, 0.6) is 0 Å². The maximum atomic E-state index is 6.30. The van der Waals surface area contributed by atoms with Gasteiger partial charge in [-0.2, -0.15) is 0 Å². The molecule has 0 aliphatic rings. The van der Waals surface area contributed by atoms with E-state index in [1.807, 2.05) is 39.0 Å². The highest BCUT2D eigenvalue weighted by Crippen LogP contribution is 2.32. The molecule has 0 spiro atoms. The zero-order valence-corrected chi connectivity index (χ0v) is 12.8. The molecule has 2 nitrogen and oxygen atoms in total. The van der Waals surface area contributed by atoms with Gasteiger partial charge in [-0.1, -0.05) is 29.3 Å². The van der Waals surface area contributed by atoms with Crippen LogP contribution in [0.3, 0.4) is 0 Å². The first-order chi connectivity index (χ1) is 8.91. The second-order valence-electron chi connectivity index (χ2n) is 4.76. The molecule has 2 N–H and O–H groups in total. The van der Waals surface area contributed by atoms with Gasteiger partial charge in [0.2, 0.25) is 0 Å². The second-order valence-corrected chi connectivity index (χ2v) is 5.58. The van der Waals surface area contributed by atoms with Crippen molar-refractivity contribution in [2.45, 2.75) is 33.2 Å². The van der Waals surface area contributed by atoms with E-state index in [4.69, 9.17) is 33.4 Å². The number of rotatable bonds is 3. The van der Waals surface area contributed by atoms with Crippen molar-refractivity contribution in [2.75, 3.05) is 0 Å². The lowest BCUT2D eigenvalue weighted by molar-refractivity contribution is 0.496. The van der Waals surface area contributed by atoms with Crippen molar-refractivity contribution in [3.05, 3.63) is 56.5 Å². The predicted molar refractivity (Wildman–Crippen MR) is 80.0 cm³/mol. The molecule has 102 valence electrons. The van der Waals surface area contributed by atoms with Gasteiger partial charge in [-0.25, -0.2) is 0 Å². The number of hydrogen-bond acceptors (Lipinski definition) is 2. The van der Waals surface area contributed by atoms with Gasteiger partial charge in [0.05, 0.1) is 0 Å². The van der Waals surface area contributed by atoms with E-state index < -0.39 is 0 Å². The fourth-order valence-corrected chi connectivity index (χ4v) is 2.96. The Morgan fingerprint density at radius 3 is 2.16 bits per heavy atom. The van der Waals surface area contributed by atoms with Gasteiger partial charge in [-0.05, 0) is 50.5 Å². The lowest BCUT2D eigenvalue weighted by Gasteiger charge is -2.14. The predicted octanol–water partition coefficient (Wildman–Crippen LogP) is 4.75. The van der Waals surface area contributed by atoms with Crippen LogP contribution in [0.1, 0.15) is 34.3 Å². The summed E-state index contributed by atoms with van der Waals surface area (Å²) in [5.74, 6) is 1.78. The summed E-state index contributed by atoms with van der Waals surface area (Å²) in [5, 5.41) is 1.30. The average molecular weight is 298 g/mol. The van der Waals surface area contributed by atoms with Crippen molar-refractivity contribution in [1.82, 2.24) is 0 Å².